The second-order valence-corrected chi connectivity index (χ2v) is 7.10. The van der Waals surface area contributed by atoms with E-state index in [1.807, 2.05) is 0 Å². The van der Waals surface area contributed by atoms with Gasteiger partial charge in [0.05, 0.1) is 6.10 Å². The summed E-state index contributed by atoms with van der Waals surface area (Å²) in [5.74, 6) is 0.486. The Morgan fingerprint density at radius 1 is 0.812 bits per heavy atom. The predicted molar refractivity (Wildman–Crippen MR) is 69.4 cm³/mol. The first-order valence-electron chi connectivity index (χ1n) is 6.18. The van der Waals surface area contributed by atoms with Crippen LogP contribution in [0, 0.1) is 16.7 Å². The maximum atomic E-state index is 6.17. The molecule has 0 heterocycles. The molecule has 2 heteroatoms. The Morgan fingerprint density at radius 2 is 1.25 bits per heavy atom. The van der Waals surface area contributed by atoms with E-state index in [1.54, 1.807) is 7.11 Å². The fourth-order valence-electron chi connectivity index (χ4n) is 2.11. The molecule has 2 nitrogen and oxygen atoms in total. The normalized spacial score (nSPS) is 17.6. The Balaban J connectivity index is 4.75. The molecule has 0 aliphatic heterocycles. The third kappa shape index (κ3) is 4.84. The van der Waals surface area contributed by atoms with Crippen LogP contribution in [0.3, 0.4) is 0 Å². The Bertz CT molecular complexity index is 196. The molecule has 0 aliphatic carbocycles. The van der Waals surface area contributed by atoms with Gasteiger partial charge < -0.3 is 9.47 Å². The summed E-state index contributed by atoms with van der Waals surface area (Å²) < 4.78 is 11.6. The number of ether oxygens (including phenoxy) is 2. The molecule has 0 saturated carbocycles. The molecule has 0 saturated heterocycles. The maximum Gasteiger partial charge on any atom is 0.162 e. The zero-order valence-corrected chi connectivity index (χ0v) is 12.5. The molecule has 0 radical (unpaired) electrons. The van der Waals surface area contributed by atoms with Crippen LogP contribution in [0.25, 0.3) is 0 Å². The van der Waals surface area contributed by atoms with Crippen LogP contribution < -0.4 is 0 Å². The van der Waals surface area contributed by atoms with Gasteiger partial charge in [-0.3, -0.25) is 0 Å². The van der Waals surface area contributed by atoms with Crippen molar-refractivity contribution in [1.82, 2.24) is 0 Å². The van der Waals surface area contributed by atoms with E-state index in [-0.39, 0.29) is 23.2 Å². The number of rotatable bonds is 4. The van der Waals surface area contributed by atoms with Gasteiger partial charge in [0.2, 0.25) is 0 Å². The average molecular weight is 230 g/mol. The molecule has 0 aromatic heterocycles. The highest BCUT2D eigenvalue weighted by molar-refractivity contribution is 4.79. The third-order valence-corrected chi connectivity index (χ3v) is 2.65. The van der Waals surface area contributed by atoms with Gasteiger partial charge in [0.15, 0.2) is 6.29 Å². The largest absolute Gasteiger partial charge is 0.355 e. The molecular weight excluding hydrogens is 200 g/mol. The van der Waals surface area contributed by atoms with Gasteiger partial charge in [0.1, 0.15) is 0 Å². The van der Waals surface area contributed by atoms with E-state index in [1.165, 1.54) is 0 Å². The molecule has 2 unspecified atom stereocenters. The van der Waals surface area contributed by atoms with Crippen LogP contribution in [0.4, 0.5) is 0 Å². The average Bonchev–Trinajstić information content (AvgIpc) is 1.99. The lowest BCUT2D eigenvalue weighted by Gasteiger charge is -2.40. The summed E-state index contributed by atoms with van der Waals surface area (Å²) in [6.45, 7) is 17.5. The molecule has 0 aromatic rings. The smallest absolute Gasteiger partial charge is 0.162 e. The highest BCUT2D eigenvalue weighted by Crippen LogP contribution is 2.33. The van der Waals surface area contributed by atoms with Crippen molar-refractivity contribution >= 4 is 0 Å². The SMILES string of the molecule is COC(OC(C(C)C)C(C)(C)C)C(C)(C)C. The number of hydrogen-bond acceptors (Lipinski definition) is 2. The zero-order chi connectivity index (χ0) is 13.1. The quantitative estimate of drug-likeness (QED) is 0.677. The minimum absolute atomic E-state index is 0.00708. The van der Waals surface area contributed by atoms with Gasteiger partial charge in [-0.25, -0.2) is 0 Å². The Kier molecular flexibility index (Phi) is 5.48. The van der Waals surface area contributed by atoms with Crippen LogP contribution in [-0.4, -0.2) is 19.5 Å². The molecule has 2 atom stereocenters. The first-order chi connectivity index (χ1) is 7.00. The first-order valence-corrected chi connectivity index (χ1v) is 6.18. The van der Waals surface area contributed by atoms with Gasteiger partial charge in [-0.15, -0.1) is 0 Å². The molecule has 0 fully saturated rings. The standard InChI is InChI=1S/C14H30O2/c1-10(2)11(13(3,4)5)16-12(15-9)14(6,7)8/h10-12H,1-9H3. The van der Waals surface area contributed by atoms with Crippen molar-refractivity contribution in [3.63, 3.8) is 0 Å². The monoisotopic (exact) mass is 230 g/mol. The molecule has 0 aliphatic rings. The zero-order valence-electron chi connectivity index (χ0n) is 12.5. The van der Waals surface area contributed by atoms with Crippen LogP contribution in [0.2, 0.25) is 0 Å². The summed E-state index contributed by atoms with van der Waals surface area (Å²) >= 11 is 0. The van der Waals surface area contributed by atoms with Crippen molar-refractivity contribution in [3.8, 4) is 0 Å². The van der Waals surface area contributed by atoms with Gasteiger partial charge in [-0.1, -0.05) is 55.4 Å². The molecule has 16 heavy (non-hydrogen) atoms. The van der Waals surface area contributed by atoms with E-state index < -0.39 is 0 Å². The van der Waals surface area contributed by atoms with E-state index >= 15 is 0 Å². The Labute approximate surface area is 102 Å². The molecule has 0 N–H and O–H groups in total. The van der Waals surface area contributed by atoms with Crippen LogP contribution >= 0.6 is 0 Å². The summed E-state index contributed by atoms with van der Waals surface area (Å²) in [6.07, 6.45) is 0.0517. The lowest BCUT2D eigenvalue weighted by molar-refractivity contribution is -0.231. The number of hydrogen-bond donors (Lipinski definition) is 0. The fraction of sp³-hybridized carbons (Fsp3) is 1.00. The lowest BCUT2D eigenvalue weighted by Crippen LogP contribution is -2.42. The van der Waals surface area contributed by atoms with Crippen molar-refractivity contribution in [3.05, 3.63) is 0 Å². The summed E-state index contributed by atoms with van der Waals surface area (Å²) in [4.78, 5) is 0. The fourth-order valence-corrected chi connectivity index (χ4v) is 2.11. The molecule has 0 spiro atoms. The van der Waals surface area contributed by atoms with Crippen LogP contribution in [0.5, 0.6) is 0 Å². The molecule has 0 aromatic carbocycles. The van der Waals surface area contributed by atoms with Crippen LogP contribution in [-0.2, 0) is 9.47 Å². The Morgan fingerprint density at radius 3 is 1.44 bits per heavy atom. The topological polar surface area (TPSA) is 18.5 Å². The van der Waals surface area contributed by atoms with Gasteiger partial charge in [-0.05, 0) is 11.3 Å². The Hall–Kier alpha value is -0.0800. The second-order valence-electron chi connectivity index (χ2n) is 7.10. The number of methoxy groups -OCH3 is 1. The van der Waals surface area contributed by atoms with Gasteiger partial charge in [0.25, 0.3) is 0 Å². The van der Waals surface area contributed by atoms with Crippen molar-refractivity contribution in [1.29, 1.82) is 0 Å². The highest BCUT2D eigenvalue weighted by Gasteiger charge is 2.35. The van der Waals surface area contributed by atoms with E-state index in [2.05, 4.69) is 55.4 Å². The minimum atomic E-state index is -0.154. The first kappa shape index (κ1) is 15.9. The van der Waals surface area contributed by atoms with Crippen molar-refractivity contribution in [2.24, 2.45) is 16.7 Å². The van der Waals surface area contributed by atoms with E-state index in [0.29, 0.717) is 5.92 Å². The van der Waals surface area contributed by atoms with Gasteiger partial charge >= 0.3 is 0 Å². The van der Waals surface area contributed by atoms with Crippen molar-refractivity contribution in [2.45, 2.75) is 67.8 Å². The van der Waals surface area contributed by atoms with Crippen molar-refractivity contribution in [2.75, 3.05) is 7.11 Å². The van der Waals surface area contributed by atoms with E-state index in [9.17, 15) is 0 Å². The molecule has 98 valence electrons. The van der Waals surface area contributed by atoms with Crippen LogP contribution in [0.1, 0.15) is 55.4 Å². The minimum Gasteiger partial charge on any atom is -0.355 e. The van der Waals surface area contributed by atoms with Crippen molar-refractivity contribution < 1.29 is 9.47 Å². The van der Waals surface area contributed by atoms with E-state index in [4.69, 9.17) is 9.47 Å². The molecule has 0 bridgehead atoms. The lowest BCUT2D eigenvalue weighted by atomic mass is 9.82. The predicted octanol–water partition coefficient (Wildman–Crippen LogP) is 4.09. The third-order valence-electron chi connectivity index (χ3n) is 2.65. The van der Waals surface area contributed by atoms with Gasteiger partial charge in [-0.2, -0.15) is 0 Å². The summed E-state index contributed by atoms with van der Waals surface area (Å²) in [5, 5.41) is 0. The van der Waals surface area contributed by atoms with Gasteiger partial charge in [0, 0.05) is 12.5 Å². The molecular formula is C14H30O2. The molecule has 0 rings (SSSR count). The maximum absolute atomic E-state index is 6.17. The van der Waals surface area contributed by atoms with Crippen LogP contribution in [0.15, 0.2) is 0 Å². The van der Waals surface area contributed by atoms with E-state index in [0.717, 1.165) is 0 Å². The summed E-state index contributed by atoms with van der Waals surface area (Å²) in [7, 11) is 1.72. The summed E-state index contributed by atoms with van der Waals surface area (Å²) in [5.41, 5.74) is 0.142. The highest BCUT2D eigenvalue weighted by atomic mass is 16.7. The summed E-state index contributed by atoms with van der Waals surface area (Å²) in [6, 6.07) is 0. The second kappa shape index (κ2) is 5.50. The molecule has 0 amide bonds.